The molecule has 0 spiro atoms. The van der Waals surface area contributed by atoms with Gasteiger partial charge in [-0.05, 0) is 35.9 Å². The van der Waals surface area contributed by atoms with Gasteiger partial charge in [0.15, 0.2) is 6.61 Å². The van der Waals surface area contributed by atoms with Crippen LogP contribution in [-0.2, 0) is 26.1 Å². The molecule has 1 amide bonds. The molecule has 158 valence electrons. The quantitative estimate of drug-likeness (QED) is 0.539. The predicted molar refractivity (Wildman–Crippen MR) is 113 cm³/mol. The fourth-order valence-corrected chi connectivity index (χ4v) is 4.06. The molecular weight excluding hydrogens is 430 g/mol. The second-order valence-corrected chi connectivity index (χ2v) is 9.22. The highest BCUT2D eigenvalue weighted by atomic mass is 35.5. The summed E-state index contributed by atoms with van der Waals surface area (Å²) in [7, 11) is -0.785. The van der Waals surface area contributed by atoms with Crippen molar-refractivity contribution < 1.29 is 22.7 Å². The van der Waals surface area contributed by atoms with Crippen molar-refractivity contribution in [2.24, 2.45) is 0 Å². The van der Waals surface area contributed by atoms with Crippen LogP contribution < -0.4 is 5.32 Å². The van der Waals surface area contributed by atoms with E-state index in [9.17, 15) is 18.0 Å². The van der Waals surface area contributed by atoms with E-state index >= 15 is 0 Å². The predicted octanol–water partition coefficient (Wildman–Crippen LogP) is 2.54. The second kappa shape index (κ2) is 8.86. The van der Waals surface area contributed by atoms with E-state index in [1.165, 1.54) is 20.2 Å². The maximum atomic E-state index is 12.4. The Kier molecular flexibility index (Phi) is 6.45. The molecule has 0 unspecified atom stereocenters. The molecule has 0 bridgehead atoms. The molecule has 0 aliphatic carbocycles. The zero-order valence-electron chi connectivity index (χ0n) is 16.3. The Morgan fingerprint density at radius 1 is 1.13 bits per heavy atom. The number of sulfonamides is 1. The number of amides is 1. The topological polar surface area (TPSA) is 109 Å². The highest BCUT2D eigenvalue weighted by molar-refractivity contribution is 7.89. The summed E-state index contributed by atoms with van der Waals surface area (Å²) in [5, 5.41) is 3.85. The van der Waals surface area contributed by atoms with E-state index in [1.807, 2.05) is 0 Å². The molecule has 2 N–H and O–H groups in total. The number of benzene rings is 2. The molecule has 0 aliphatic rings. The fourth-order valence-electron chi connectivity index (χ4n) is 2.77. The Morgan fingerprint density at radius 3 is 2.60 bits per heavy atom. The van der Waals surface area contributed by atoms with Gasteiger partial charge >= 0.3 is 5.97 Å². The van der Waals surface area contributed by atoms with E-state index in [4.69, 9.17) is 16.3 Å². The van der Waals surface area contributed by atoms with Crippen LogP contribution in [0.15, 0.2) is 53.4 Å². The van der Waals surface area contributed by atoms with Crippen molar-refractivity contribution in [3.8, 4) is 0 Å². The summed E-state index contributed by atoms with van der Waals surface area (Å²) in [6.07, 6.45) is 0. The summed E-state index contributed by atoms with van der Waals surface area (Å²) in [6.45, 7) is -0.526. The van der Waals surface area contributed by atoms with Gasteiger partial charge in [0.1, 0.15) is 5.69 Å². The summed E-state index contributed by atoms with van der Waals surface area (Å²) < 4.78 is 30.9. The highest BCUT2D eigenvalue weighted by Gasteiger charge is 2.21. The fraction of sp³-hybridized carbons (Fsp3) is 0.200. The van der Waals surface area contributed by atoms with Crippen LogP contribution in [-0.4, -0.2) is 50.3 Å². The lowest BCUT2D eigenvalue weighted by atomic mass is 10.2. The number of aromatic nitrogens is 1. The number of nitrogens with zero attached hydrogens (tertiary/aromatic N) is 1. The molecule has 0 fully saturated rings. The number of carbonyl (C=O) groups is 2. The average Bonchev–Trinajstić information content (AvgIpc) is 3.13. The van der Waals surface area contributed by atoms with Crippen LogP contribution in [0.4, 0.5) is 0 Å². The van der Waals surface area contributed by atoms with Gasteiger partial charge in [-0.1, -0.05) is 29.8 Å². The Hall–Kier alpha value is -2.88. The van der Waals surface area contributed by atoms with Crippen molar-refractivity contribution >= 4 is 44.4 Å². The number of ether oxygens (including phenoxy) is 1. The average molecular weight is 450 g/mol. The minimum absolute atomic E-state index is 0.0233. The summed E-state index contributed by atoms with van der Waals surface area (Å²) in [5.74, 6) is -1.24. The van der Waals surface area contributed by atoms with E-state index in [-0.39, 0.29) is 17.1 Å². The van der Waals surface area contributed by atoms with Gasteiger partial charge in [0.2, 0.25) is 10.0 Å². The molecule has 0 saturated heterocycles. The molecule has 0 atom stereocenters. The number of hydrogen-bond acceptors (Lipinski definition) is 5. The van der Waals surface area contributed by atoms with E-state index in [0.717, 1.165) is 15.2 Å². The Labute approximate surface area is 178 Å². The maximum absolute atomic E-state index is 12.4. The third-order valence-corrected chi connectivity index (χ3v) is 6.49. The van der Waals surface area contributed by atoms with E-state index in [0.29, 0.717) is 10.6 Å². The van der Waals surface area contributed by atoms with Gasteiger partial charge in [-0.15, -0.1) is 0 Å². The number of carbonyl (C=O) groups excluding carboxylic acids is 2. The summed E-state index contributed by atoms with van der Waals surface area (Å²) in [6, 6.07) is 13.1. The first-order valence-electron chi connectivity index (χ1n) is 8.91. The molecular formula is C20H20ClN3O5S. The number of aromatic amines is 1. The largest absolute Gasteiger partial charge is 0.451 e. The molecule has 1 aromatic heterocycles. The standard InChI is InChI=1S/C20H20ClN3O5S/c1-24(2)30(27,28)18-6-4-3-5-13(18)11-22-19(25)12-29-20(26)17-10-14-9-15(21)7-8-16(14)23-17/h3-10,23H,11-12H2,1-2H3,(H,22,25). The molecule has 8 nitrogen and oxygen atoms in total. The van der Waals surface area contributed by atoms with Crippen molar-refractivity contribution in [2.75, 3.05) is 20.7 Å². The minimum Gasteiger partial charge on any atom is -0.451 e. The van der Waals surface area contributed by atoms with Crippen LogP contribution in [0.1, 0.15) is 16.1 Å². The Bertz CT molecular complexity index is 1200. The van der Waals surface area contributed by atoms with E-state index in [2.05, 4.69) is 10.3 Å². The van der Waals surface area contributed by atoms with Crippen LogP contribution in [0.25, 0.3) is 10.9 Å². The lowest BCUT2D eigenvalue weighted by Crippen LogP contribution is -2.30. The maximum Gasteiger partial charge on any atom is 0.355 e. The van der Waals surface area contributed by atoms with E-state index < -0.39 is 28.5 Å². The second-order valence-electron chi connectivity index (χ2n) is 6.66. The molecule has 3 aromatic rings. The molecule has 3 rings (SSSR count). The number of esters is 1. The third kappa shape index (κ3) is 4.81. The summed E-state index contributed by atoms with van der Waals surface area (Å²) >= 11 is 5.93. The smallest absolute Gasteiger partial charge is 0.355 e. The molecule has 10 heteroatoms. The van der Waals surface area contributed by atoms with E-state index in [1.54, 1.807) is 42.5 Å². The molecule has 0 aliphatic heterocycles. The van der Waals surface area contributed by atoms with Crippen molar-refractivity contribution in [3.05, 3.63) is 64.8 Å². The number of nitrogens with one attached hydrogen (secondary N) is 2. The van der Waals surface area contributed by atoms with Crippen molar-refractivity contribution in [1.82, 2.24) is 14.6 Å². The van der Waals surface area contributed by atoms with Gasteiger partial charge in [0.05, 0.1) is 4.90 Å². The first-order valence-corrected chi connectivity index (χ1v) is 10.7. The van der Waals surface area contributed by atoms with Gasteiger partial charge in [-0.25, -0.2) is 17.5 Å². The normalized spacial score (nSPS) is 11.6. The molecule has 0 radical (unpaired) electrons. The van der Waals surface area contributed by atoms with Crippen LogP contribution in [0.5, 0.6) is 0 Å². The van der Waals surface area contributed by atoms with Crippen LogP contribution in [0, 0.1) is 0 Å². The Morgan fingerprint density at radius 2 is 1.87 bits per heavy atom. The monoisotopic (exact) mass is 449 g/mol. The lowest BCUT2D eigenvalue weighted by molar-refractivity contribution is -0.124. The molecule has 0 saturated carbocycles. The van der Waals surface area contributed by atoms with Crippen LogP contribution >= 0.6 is 11.6 Å². The molecule has 30 heavy (non-hydrogen) atoms. The molecule has 2 aromatic carbocycles. The van der Waals surface area contributed by atoms with Gasteiger partial charge in [0, 0.05) is 36.6 Å². The van der Waals surface area contributed by atoms with Gasteiger partial charge < -0.3 is 15.0 Å². The van der Waals surface area contributed by atoms with Gasteiger partial charge in [0.25, 0.3) is 5.91 Å². The number of rotatable bonds is 7. The van der Waals surface area contributed by atoms with Crippen molar-refractivity contribution in [2.45, 2.75) is 11.4 Å². The minimum atomic E-state index is -3.65. The third-order valence-electron chi connectivity index (χ3n) is 4.34. The SMILES string of the molecule is CN(C)S(=O)(=O)c1ccccc1CNC(=O)COC(=O)c1cc2cc(Cl)ccc2[nH]1. The number of H-pyrrole nitrogens is 1. The van der Waals surface area contributed by atoms with Crippen molar-refractivity contribution in [3.63, 3.8) is 0 Å². The van der Waals surface area contributed by atoms with Crippen LogP contribution in [0.3, 0.4) is 0 Å². The zero-order chi connectivity index (χ0) is 21.9. The Balaban J connectivity index is 1.59. The number of fused-ring (bicyclic) bond motifs is 1. The first-order chi connectivity index (χ1) is 14.2. The lowest BCUT2D eigenvalue weighted by Gasteiger charge is -2.15. The van der Waals surface area contributed by atoms with Gasteiger partial charge in [-0.2, -0.15) is 0 Å². The zero-order valence-corrected chi connectivity index (χ0v) is 17.9. The van der Waals surface area contributed by atoms with Crippen LogP contribution in [0.2, 0.25) is 5.02 Å². The number of halogens is 1. The highest BCUT2D eigenvalue weighted by Crippen LogP contribution is 2.21. The summed E-state index contributed by atoms with van der Waals surface area (Å²) in [5.41, 5.74) is 1.34. The van der Waals surface area contributed by atoms with Gasteiger partial charge in [-0.3, -0.25) is 4.79 Å². The van der Waals surface area contributed by atoms with Crippen molar-refractivity contribution in [1.29, 1.82) is 0 Å². The summed E-state index contributed by atoms with van der Waals surface area (Å²) in [4.78, 5) is 27.3. The number of hydrogen-bond donors (Lipinski definition) is 2. The first kappa shape index (κ1) is 21.8. The molecule has 1 heterocycles.